The summed E-state index contributed by atoms with van der Waals surface area (Å²) < 4.78 is 0. The van der Waals surface area contributed by atoms with Gasteiger partial charge in [0.05, 0.1) is 12.1 Å². The fourth-order valence-electron chi connectivity index (χ4n) is 1.17. The molecule has 6 heteroatoms. The maximum Gasteiger partial charge on any atom is 0.185 e. The highest BCUT2D eigenvalue weighted by molar-refractivity contribution is 5.57. The van der Waals surface area contributed by atoms with Gasteiger partial charge in [-0.2, -0.15) is 5.11 Å². The van der Waals surface area contributed by atoms with Crippen molar-refractivity contribution in [3.63, 3.8) is 0 Å². The lowest BCUT2D eigenvalue weighted by Gasteiger charge is -2.01. The number of aromatic nitrogens is 2. The van der Waals surface area contributed by atoms with Crippen LogP contribution in [0.4, 0.5) is 11.6 Å². The van der Waals surface area contributed by atoms with Gasteiger partial charge in [0.15, 0.2) is 11.9 Å². The summed E-state index contributed by atoms with van der Waals surface area (Å²) in [7, 11) is 0. The van der Waals surface area contributed by atoms with Gasteiger partial charge in [0.2, 0.25) is 0 Å². The minimum atomic E-state index is -0.366. The number of hydrogen-bond donors (Lipinski definition) is 2. The molecule has 1 aromatic heterocycles. The number of nitrogens with two attached hydrogens (primary N) is 2. The Morgan fingerprint density at radius 2 is 2.29 bits per heavy atom. The van der Waals surface area contributed by atoms with E-state index in [1.54, 1.807) is 0 Å². The molecule has 0 aliphatic carbocycles. The Hall–Kier alpha value is -2.00. The Balaban J connectivity index is 2.42. The van der Waals surface area contributed by atoms with E-state index in [-0.39, 0.29) is 12.6 Å². The third-order valence-electron chi connectivity index (χ3n) is 1.78. The van der Waals surface area contributed by atoms with Crippen LogP contribution < -0.4 is 11.5 Å². The molecule has 0 bridgehead atoms. The molecule has 2 rings (SSSR count). The van der Waals surface area contributed by atoms with Gasteiger partial charge in [-0.15, -0.1) is 5.11 Å². The van der Waals surface area contributed by atoms with Crippen LogP contribution in [-0.2, 0) is 0 Å². The van der Waals surface area contributed by atoms with Crippen LogP contribution in [0.15, 0.2) is 16.6 Å². The van der Waals surface area contributed by atoms with Crippen LogP contribution in [0, 0.1) is 11.8 Å². The van der Waals surface area contributed by atoms with Crippen molar-refractivity contribution in [2.75, 3.05) is 12.3 Å². The zero-order valence-electron chi connectivity index (χ0n) is 7.31. The molecule has 0 saturated heterocycles. The number of nitrogens with zero attached hydrogens (tertiary/aromatic N) is 4. The van der Waals surface area contributed by atoms with E-state index in [4.69, 9.17) is 11.5 Å². The van der Waals surface area contributed by atoms with Gasteiger partial charge in [0, 0.05) is 0 Å². The molecule has 4 N–H and O–H groups in total. The van der Waals surface area contributed by atoms with Crippen molar-refractivity contribution in [2.24, 2.45) is 16.0 Å². The summed E-state index contributed by atoms with van der Waals surface area (Å²) in [5.41, 5.74) is 11.6. The zero-order valence-corrected chi connectivity index (χ0v) is 7.31. The lowest BCUT2D eigenvalue weighted by molar-refractivity contribution is 0.925. The summed E-state index contributed by atoms with van der Waals surface area (Å²) in [5, 5.41) is 7.76. The van der Waals surface area contributed by atoms with E-state index in [0.717, 1.165) is 0 Å². The van der Waals surface area contributed by atoms with Gasteiger partial charge < -0.3 is 11.5 Å². The predicted octanol–water partition coefficient (Wildman–Crippen LogP) is 0.159. The van der Waals surface area contributed by atoms with Crippen molar-refractivity contribution >= 4 is 11.6 Å². The van der Waals surface area contributed by atoms with Crippen LogP contribution in [0.1, 0.15) is 11.6 Å². The predicted molar refractivity (Wildman–Crippen MR) is 50.5 cm³/mol. The van der Waals surface area contributed by atoms with Crippen molar-refractivity contribution < 1.29 is 0 Å². The Morgan fingerprint density at radius 3 is 3.07 bits per heavy atom. The quantitative estimate of drug-likeness (QED) is 0.566. The van der Waals surface area contributed by atoms with E-state index in [2.05, 4.69) is 32.0 Å². The molecule has 0 amide bonds. The average molecular weight is 188 g/mol. The molecule has 0 saturated carbocycles. The largest absolute Gasteiger partial charge is 0.383 e. The van der Waals surface area contributed by atoms with Crippen LogP contribution >= 0.6 is 0 Å². The first-order valence-electron chi connectivity index (χ1n) is 4.02. The van der Waals surface area contributed by atoms with Crippen molar-refractivity contribution in [1.82, 2.24) is 9.97 Å². The van der Waals surface area contributed by atoms with Crippen LogP contribution in [0.25, 0.3) is 0 Å². The van der Waals surface area contributed by atoms with Crippen molar-refractivity contribution in [3.8, 4) is 11.8 Å². The molecule has 14 heavy (non-hydrogen) atoms. The standard InChI is InChI=1S/C8H8N6/c9-3-1-2-5-6-7(10)11-4-12-8(6)14-13-5/h4-5H,3,9H2,(H2,10,11,12). The highest BCUT2D eigenvalue weighted by Gasteiger charge is 2.23. The minimum absolute atomic E-state index is 0.287. The maximum absolute atomic E-state index is 5.66. The summed E-state index contributed by atoms with van der Waals surface area (Å²) in [4.78, 5) is 7.78. The summed E-state index contributed by atoms with van der Waals surface area (Å²) >= 11 is 0. The highest BCUT2D eigenvalue weighted by Crippen LogP contribution is 2.35. The van der Waals surface area contributed by atoms with Gasteiger partial charge in [-0.1, -0.05) is 11.8 Å². The topological polar surface area (TPSA) is 103 Å². The molecular formula is C8H8N6. The monoisotopic (exact) mass is 188 g/mol. The van der Waals surface area contributed by atoms with Crippen LogP contribution in [0.5, 0.6) is 0 Å². The Morgan fingerprint density at radius 1 is 1.43 bits per heavy atom. The van der Waals surface area contributed by atoms with Crippen molar-refractivity contribution in [1.29, 1.82) is 0 Å². The van der Waals surface area contributed by atoms with E-state index in [1.165, 1.54) is 6.33 Å². The van der Waals surface area contributed by atoms with Crippen molar-refractivity contribution in [3.05, 3.63) is 11.9 Å². The minimum Gasteiger partial charge on any atom is -0.383 e. The molecule has 1 aromatic rings. The molecule has 2 heterocycles. The number of nitrogen functional groups attached to an aromatic ring is 1. The molecule has 0 fully saturated rings. The van der Waals surface area contributed by atoms with Gasteiger partial charge in [-0.05, 0) is 0 Å². The zero-order chi connectivity index (χ0) is 9.97. The maximum atomic E-state index is 5.66. The number of fused-ring (bicyclic) bond motifs is 1. The second-order valence-corrected chi connectivity index (χ2v) is 2.64. The molecule has 1 aliphatic heterocycles. The molecule has 1 atom stereocenters. The first-order valence-corrected chi connectivity index (χ1v) is 4.02. The second-order valence-electron chi connectivity index (χ2n) is 2.64. The molecule has 0 radical (unpaired) electrons. The van der Waals surface area contributed by atoms with E-state index in [0.29, 0.717) is 17.2 Å². The van der Waals surface area contributed by atoms with Gasteiger partial charge in [-0.3, -0.25) is 0 Å². The first kappa shape index (κ1) is 8.59. The van der Waals surface area contributed by atoms with Crippen molar-refractivity contribution in [2.45, 2.75) is 6.04 Å². The van der Waals surface area contributed by atoms with E-state index in [1.807, 2.05) is 0 Å². The van der Waals surface area contributed by atoms with Gasteiger partial charge in [0.25, 0.3) is 0 Å². The fourth-order valence-corrected chi connectivity index (χ4v) is 1.17. The average Bonchev–Trinajstić information content (AvgIpc) is 2.59. The first-order chi connectivity index (χ1) is 6.83. The Bertz CT molecular complexity index is 441. The molecule has 1 unspecified atom stereocenters. The van der Waals surface area contributed by atoms with Gasteiger partial charge in [0.1, 0.15) is 12.1 Å². The van der Waals surface area contributed by atoms with Crippen LogP contribution in [0.3, 0.4) is 0 Å². The van der Waals surface area contributed by atoms with Crippen LogP contribution in [0.2, 0.25) is 0 Å². The summed E-state index contributed by atoms with van der Waals surface area (Å²) in [6.45, 7) is 0.287. The Kier molecular flexibility index (Phi) is 2.08. The lowest BCUT2D eigenvalue weighted by Crippen LogP contribution is -2.00. The third kappa shape index (κ3) is 1.30. The normalized spacial score (nSPS) is 17.4. The Labute approximate surface area is 80.5 Å². The molecule has 6 nitrogen and oxygen atoms in total. The van der Waals surface area contributed by atoms with Gasteiger partial charge in [-0.25, -0.2) is 9.97 Å². The summed E-state index contributed by atoms with van der Waals surface area (Å²) in [6.07, 6.45) is 1.35. The second kappa shape index (κ2) is 3.40. The fraction of sp³-hybridized carbons (Fsp3) is 0.250. The highest BCUT2D eigenvalue weighted by atomic mass is 15.2. The molecular weight excluding hydrogens is 180 g/mol. The van der Waals surface area contributed by atoms with Crippen LogP contribution in [-0.4, -0.2) is 16.5 Å². The molecule has 1 aliphatic rings. The number of azo groups is 1. The third-order valence-corrected chi connectivity index (χ3v) is 1.78. The molecule has 70 valence electrons. The lowest BCUT2D eigenvalue weighted by atomic mass is 10.1. The van der Waals surface area contributed by atoms with E-state index >= 15 is 0 Å². The number of hydrogen-bond acceptors (Lipinski definition) is 6. The SMILES string of the molecule is NCC#CC1N=Nc2ncnc(N)c21. The number of rotatable bonds is 0. The summed E-state index contributed by atoms with van der Waals surface area (Å²) in [6, 6.07) is -0.366. The molecule has 0 aromatic carbocycles. The smallest absolute Gasteiger partial charge is 0.185 e. The van der Waals surface area contributed by atoms with Gasteiger partial charge >= 0.3 is 0 Å². The van der Waals surface area contributed by atoms with E-state index < -0.39 is 0 Å². The molecule has 0 spiro atoms. The number of anilines is 1. The van der Waals surface area contributed by atoms with E-state index in [9.17, 15) is 0 Å². The summed E-state index contributed by atoms with van der Waals surface area (Å²) in [5.74, 6) is 6.42.